The molecule has 0 amide bonds. The molecule has 0 aliphatic heterocycles. The van der Waals surface area contributed by atoms with Crippen LogP contribution < -0.4 is 14.2 Å². The molecule has 0 atom stereocenters. The van der Waals surface area contributed by atoms with Crippen molar-refractivity contribution in [3.63, 3.8) is 0 Å². The average Bonchev–Trinajstić information content (AvgIpc) is 3.31. The topological polar surface area (TPSA) is 66.4 Å². The van der Waals surface area contributed by atoms with Crippen LogP contribution in [0.4, 0.5) is 0 Å². The fourth-order valence-corrected chi connectivity index (χ4v) is 12.4. The van der Waals surface area contributed by atoms with E-state index in [2.05, 4.69) is 113 Å². The zero-order valence-electron chi connectivity index (χ0n) is 47.6. The molecule has 0 fully saturated rings. The van der Waals surface area contributed by atoms with Crippen LogP contribution >= 0.6 is 35.3 Å². The molecule has 0 aliphatic carbocycles. The van der Waals surface area contributed by atoms with Crippen LogP contribution in [0.25, 0.3) is 0 Å². The quantitative estimate of drug-likeness (QED) is 0.0594. The number of hydrogen-bond donors (Lipinski definition) is 0. The first-order chi connectivity index (χ1) is 33.4. The molecule has 0 N–H and O–H groups in total. The summed E-state index contributed by atoms with van der Waals surface area (Å²) in [6.45, 7) is 23.1. The second-order valence-corrected chi connectivity index (χ2v) is 27.9. The van der Waals surface area contributed by atoms with Crippen LogP contribution in [0.1, 0.15) is 313 Å². The summed E-state index contributed by atoms with van der Waals surface area (Å²) in [6, 6.07) is 0.931. The first kappa shape index (κ1) is 66.5. The van der Waals surface area contributed by atoms with Gasteiger partial charge in [-0.25, -0.2) is 0 Å². The van der Waals surface area contributed by atoms with Crippen LogP contribution in [0.3, 0.4) is 0 Å². The minimum atomic E-state index is 0.287. The molecule has 0 spiro atoms. The maximum atomic E-state index is 6.16. The van der Waals surface area contributed by atoms with Crippen molar-refractivity contribution in [2.24, 2.45) is 0 Å². The lowest BCUT2D eigenvalue weighted by atomic mass is 10.0. The van der Waals surface area contributed by atoms with Crippen molar-refractivity contribution in [1.82, 2.24) is 15.0 Å². The highest BCUT2D eigenvalue weighted by Crippen LogP contribution is 2.33. The van der Waals surface area contributed by atoms with Gasteiger partial charge in [-0.2, -0.15) is 35.3 Å². The summed E-state index contributed by atoms with van der Waals surface area (Å²) in [6.07, 6.45) is 52.8. The Labute approximate surface area is 444 Å². The van der Waals surface area contributed by atoms with Gasteiger partial charge in [0.15, 0.2) is 0 Å². The summed E-state index contributed by atoms with van der Waals surface area (Å²) in [4.78, 5) is 13.8. The minimum Gasteiger partial charge on any atom is -0.463 e. The monoisotopic (exact) mass is 1020 g/mol. The van der Waals surface area contributed by atoms with E-state index in [-0.39, 0.29) is 14.2 Å². The Kier molecular flexibility index (Phi) is 44.3. The lowest BCUT2D eigenvalue weighted by molar-refractivity contribution is 0.236. The zero-order chi connectivity index (χ0) is 50.4. The number of aromatic nitrogens is 3. The predicted molar refractivity (Wildman–Crippen MR) is 313 cm³/mol. The highest BCUT2D eigenvalue weighted by atomic mass is 32.2. The number of nitrogens with zero attached hydrogens (tertiary/aromatic N) is 3. The van der Waals surface area contributed by atoms with E-state index in [1.165, 1.54) is 231 Å². The Morgan fingerprint density at radius 3 is 0.667 bits per heavy atom. The lowest BCUT2D eigenvalue weighted by Crippen LogP contribution is -2.16. The molecule has 9 heteroatoms. The van der Waals surface area contributed by atoms with Crippen LogP contribution in [0.5, 0.6) is 18.0 Å². The van der Waals surface area contributed by atoms with E-state index in [0.29, 0.717) is 37.9 Å². The molecule has 408 valence electrons. The number of ether oxygens (including phenoxy) is 3. The minimum absolute atomic E-state index is 0.287. The maximum absolute atomic E-state index is 6.16. The molecule has 0 unspecified atom stereocenters. The van der Waals surface area contributed by atoms with Crippen LogP contribution in [0, 0.1) is 0 Å². The van der Waals surface area contributed by atoms with E-state index >= 15 is 0 Å². The molecule has 0 saturated carbocycles. The fraction of sp³-hybridized carbons (Fsp3) is 0.950. The molecule has 69 heavy (non-hydrogen) atoms. The van der Waals surface area contributed by atoms with Gasteiger partial charge in [-0.05, 0) is 55.8 Å². The molecule has 1 rings (SSSR count). The first-order valence-corrected chi connectivity index (χ1v) is 32.9. The second kappa shape index (κ2) is 46.0. The van der Waals surface area contributed by atoms with Crippen LogP contribution in [0.15, 0.2) is 0 Å². The van der Waals surface area contributed by atoms with Crippen LogP contribution in [-0.2, 0) is 0 Å². The molecule has 0 saturated heterocycles. The Hall–Kier alpha value is -0.540. The van der Waals surface area contributed by atoms with E-state index in [1.54, 1.807) is 0 Å². The summed E-state index contributed by atoms with van der Waals surface area (Å²) in [7, 11) is 0. The van der Waals surface area contributed by atoms with E-state index in [0.717, 1.165) is 36.5 Å². The van der Waals surface area contributed by atoms with Crippen molar-refractivity contribution < 1.29 is 14.2 Å². The molecule has 0 radical (unpaired) electrons. The van der Waals surface area contributed by atoms with E-state index in [4.69, 9.17) is 14.2 Å². The zero-order valence-corrected chi connectivity index (χ0v) is 50.1. The van der Waals surface area contributed by atoms with Crippen LogP contribution in [0.2, 0.25) is 0 Å². The molecular formula is C60H117N3O3S3. The lowest BCUT2D eigenvalue weighted by Gasteiger charge is -2.24. The number of unbranched alkanes of at least 4 members (excludes halogenated alkanes) is 30. The highest BCUT2D eigenvalue weighted by Gasteiger charge is 2.20. The summed E-state index contributed by atoms with van der Waals surface area (Å²) < 4.78 is 19.3. The summed E-state index contributed by atoms with van der Waals surface area (Å²) in [5.74, 6) is 3.18. The average molecular weight is 1020 g/mol. The van der Waals surface area contributed by atoms with Gasteiger partial charge < -0.3 is 14.2 Å². The van der Waals surface area contributed by atoms with Gasteiger partial charge in [-0.3, -0.25) is 0 Å². The van der Waals surface area contributed by atoms with Gasteiger partial charge in [0.25, 0.3) is 0 Å². The van der Waals surface area contributed by atoms with Gasteiger partial charge in [0.1, 0.15) is 0 Å². The van der Waals surface area contributed by atoms with Crippen molar-refractivity contribution >= 4 is 35.3 Å². The first-order valence-electron chi connectivity index (χ1n) is 30.0. The molecule has 0 aromatic carbocycles. The van der Waals surface area contributed by atoms with E-state index in [1.807, 2.05) is 0 Å². The highest BCUT2D eigenvalue weighted by molar-refractivity contribution is 8.01. The fourth-order valence-electron chi connectivity index (χ4n) is 9.09. The van der Waals surface area contributed by atoms with E-state index in [9.17, 15) is 0 Å². The Morgan fingerprint density at radius 2 is 0.464 bits per heavy atom. The third-order valence-electron chi connectivity index (χ3n) is 13.8. The normalized spacial score (nSPS) is 12.3. The van der Waals surface area contributed by atoms with Crippen LogP contribution in [-0.4, -0.2) is 66.3 Å². The standard InChI is InChI=1S/C60H117N3O3S3/c1-10-13-16-19-22-25-28-31-34-37-40-46-58(4,5)67-52-43-49-64-55-61-56(65-50-44-53-68-59(6,7)47-41-38-35-32-29-26-23-20-17-14-11-2)63-57(62-55)66-51-45-54-69-60(8,9)48-42-39-36-33-30-27-24-21-18-15-12-3/h10-54H2,1-9H3. The van der Waals surface area contributed by atoms with Crippen molar-refractivity contribution in [1.29, 1.82) is 0 Å². The number of hydrogen-bond acceptors (Lipinski definition) is 9. The SMILES string of the molecule is CCCCCCCCCCCCCC(C)(C)SCCCOc1nc(OCCCSC(C)(C)CCCCCCCCCCCCC)nc(OCCCSC(C)(C)CCCCCCCCCCCCC)n1. The number of thioether (sulfide) groups is 3. The van der Waals surface area contributed by atoms with E-state index < -0.39 is 0 Å². The smallest absolute Gasteiger partial charge is 0.325 e. The van der Waals surface area contributed by atoms with Gasteiger partial charge in [0.2, 0.25) is 0 Å². The maximum Gasteiger partial charge on any atom is 0.325 e. The van der Waals surface area contributed by atoms with Gasteiger partial charge in [0, 0.05) is 14.2 Å². The van der Waals surface area contributed by atoms with Gasteiger partial charge >= 0.3 is 18.0 Å². The molecule has 1 aromatic heterocycles. The van der Waals surface area contributed by atoms with Crippen molar-refractivity contribution in [2.75, 3.05) is 37.1 Å². The largest absolute Gasteiger partial charge is 0.463 e. The van der Waals surface area contributed by atoms with Crippen molar-refractivity contribution in [3.8, 4) is 18.0 Å². The number of rotatable bonds is 54. The molecule has 0 bridgehead atoms. The summed E-state index contributed by atoms with van der Waals surface area (Å²) >= 11 is 6.21. The molecule has 0 aliphatic rings. The Morgan fingerprint density at radius 1 is 0.275 bits per heavy atom. The second-order valence-electron chi connectivity index (χ2n) is 22.5. The van der Waals surface area contributed by atoms with Gasteiger partial charge in [-0.15, -0.1) is 15.0 Å². The molecule has 1 aromatic rings. The van der Waals surface area contributed by atoms with Crippen molar-refractivity contribution in [2.45, 2.75) is 327 Å². The third kappa shape index (κ3) is 44.7. The predicted octanol–water partition coefficient (Wildman–Crippen LogP) is 20.8. The molecular weight excluding hydrogens is 907 g/mol. The van der Waals surface area contributed by atoms with Crippen molar-refractivity contribution in [3.05, 3.63) is 0 Å². The molecule has 6 nitrogen and oxygen atoms in total. The molecule has 1 heterocycles. The summed E-state index contributed by atoms with van der Waals surface area (Å²) in [5.41, 5.74) is 0. The Balaban J connectivity index is 2.51. The third-order valence-corrected chi connectivity index (χ3v) is 18.2. The summed E-state index contributed by atoms with van der Waals surface area (Å²) in [5, 5.41) is 0. The van der Waals surface area contributed by atoms with Gasteiger partial charge in [-0.1, -0.05) is 274 Å². The van der Waals surface area contributed by atoms with Gasteiger partial charge in [0.05, 0.1) is 19.8 Å². The Bertz CT molecular complexity index is 1090.